The Hall–Kier alpha value is -4.24. The van der Waals surface area contributed by atoms with Crippen LogP contribution in [0.2, 0.25) is 0 Å². The fourth-order valence-electron chi connectivity index (χ4n) is 4.13. The summed E-state index contributed by atoms with van der Waals surface area (Å²) in [7, 11) is 3.65. The van der Waals surface area contributed by atoms with Crippen LogP contribution in [-0.2, 0) is 9.59 Å². The van der Waals surface area contributed by atoms with Gasteiger partial charge in [0.2, 0.25) is 0 Å². The van der Waals surface area contributed by atoms with Crippen molar-refractivity contribution in [3.63, 3.8) is 0 Å². The van der Waals surface area contributed by atoms with Gasteiger partial charge < -0.3 is 20.0 Å². The van der Waals surface area contributed by atoms with Gasteiger partial charge in [-0.15, -0.1) is 0 Å². The van der Waals surface area contributed by atoms with E-state index in [1.807, 2.05) is 25.1 Å². The average molecular weight is 461 g/mol. The first-order valence-corrected chi connectivity index (χ1v) is 10.6. The number of carbonyl (C=O) groups is 2. The van der Waals surface area contributed by atoms with Crippen LogP contribution >= 0.6 is 0 Å². The first kappa shape index (κ1) is 22.9. The molecule has 1 aliphatic rings. The zero-order valence-corrected chi connectivity index (χ0v) is 18.6. The Morgan fingerprint density at radius 1 is 1.06 bits per heavy atom. The number of likely N-dealkylation sites (N-methyl/N-ethyl adjacent to an activating group) is 1. The van der Waals surface area contributed by atoms with E-state index in [0.717, 1.165) is 5.39 Å². The van der Waals surface area contributed by atoms with Crippen LogP contribution in [-0.4, -0.2) is 63.8 Å². The second-order valence-electron chi connectivity index (χ2n) is 8.33. The number of nitrogens with zero attached hydrogens (tertiary/aromatic N) is 3. The summed E-state index contributed by atoms with van der Waals surface area (Å²) < 4.78 is 0. The molecule has 1 atom stereocenters. The highest BCUT2D eigenvalue weighted by atomic mass is 16.6. The van der Waals surface area contributed by atoms with Gasteiger partial charge in [-0.2, -0.15) is 0 Å². The molecule has 0 unspecified atom stereocenters. The summed E-state index contributed by atoms with van der Waals surface area (Å²) in [6.07, 6.45) is 0. The van der Waals surface area contributed by atoms with E-state index < -0.39 is 28.4 Å². The molecule has 1 amide bonds. The van der Waals surface area contributed by atoms with Crippen LogP contribution in [0.3, 0.4) is 0 Å². The fourth-order valence-corrected chi connectivity index (χ4v) is 4.13. The van der Waals surface area contributed by atoms with Crippen molar-refractivity contribution in [1.29, 1.82) is 0 Å². The van der Waals surface area contributed by atoms with Crippen molar-refractivity contribution in [1.82, 2.24) is 9.80 Å². The standard InChI is InChI=1S/C25H23N3O6/c1-26(2)13-14-27-21(16-7-10-17(11-8-16)28(33)34)20(24(31)25(27)32)23(30)19-12-9-15-5-3-4-6-18(15)22(19)29/h3-12,21,29-30H,13-14H2,1-2H3/t21-/m1/s1. The Kier molecular flexibility index (Phi) is 6.04. The molecule has 1 saturated heterocycles. The molecule has 174 valence electrons. The van der Waals surface area contributed by atoms with Gasteiger partial charge in [-0.1, -0.05) is 30.3 Å². The van der Waals surface area contributed by atoms with Gasteiger partial charge in [0.15, 0.2) is 0 Å². The van der Waals surface area contributed by atoms with Crippen molar-refractivity contribution < 1.29 is 24.7 Å². The molecule has 0 aromatic heterocycles. The number of nitro benzene ring substituents is 1. The summed E-state index contributed by atoms with van der Waals surface area (Å²) >= 11 is 0. The number of aliphatic hydroxyl groups is 1. The number of benzene rings is 3. The molecule has 2 N–H and O–H groups in total. The summed E-state index contributed by atoms with van der Waals surface area (Å²) in [6.45, 7) is 0.650. The third-order valence-corrected chi connectivity index (χ3v) is 5.90. The minimum atomic E-state index is -0.966. The van der Waals surface area contributed by atoms with Gasteiger partial charge in [-0.25, -0.2) is 0 Å². The molecule has 0 saturated carbocycles. The molecule has 1 heterocycles. The largest absolute Gasteiger partial charge is 0.507 e. The molecule has 0 radical (unpaired) electrons. The quantitative estimate of drug-likeness (QED) is 0.189. The van der Waals surface area contributed by atoms with Crippen molar-refractivity contribution in [2.45, 2.75) is 6.04 Å². The van der Waals surface area contributed by atoms with Gasteiger partial charge in [-0.3, -0.25) is 19.7 Å². The maximum atomic E-state index is 13.1. The molecular weight excluding hydrogens is 438 g/mol. The Labute approximate surface area is 195 Å². The van der Waals surface area contributed by atoms with E-state index in [-0.39, 0.29) is 29.1 Å². The van der Waals surface area contributed by atoms with Crippen LogP contribution in [0.15, 0.2) is 66.2 Å². The number of non-ortho nitro benzene ring substituents is 1. The van der Waals surface area contributed by atoms with Crippen molar-refractivity contribution in [3.8, 4) is 5.75 Å². The SMILES string of the molecule is CN(C)CCN1C(=O)C(=O)C(=C(O)c2ccc3ccccc3c2O)[C@H]1c1ccc([N+](=O)[O-])cc1. The highest BCUT2D eigenvalue weighted by Crippen LogP contribution is 2.42. The molecule has 0 bridgehead atoms. The summed E-state index contributed by atoms with van der Waals surface area (Å²) in [5.41, 5.74) is 0.144. The number of aromatic hydroxyl groups is 1. The minimum Gasteiger partial charge on any atom is -0.507 e. The van der Waals surface area contributed by atoms with E-state index in [9.17, 15) is 29.9 Å². The summed E-state index contributed by atoms with van der Waals surface area (Å²) in [5.74, 6) is -2.38. The number of hydrogen-bond donors (Lipinski definition) is 2. The maximum Gasteiger partial charge on any atom is 0.295 e. The molecular formula is C25H23N3O6. The number of rotatable bonds is 6. The number of hydrogen-bond acceptors (Lipinski definition) is 7. The van der Waals surface area contributed by atoms with E-state index in [1.165, 1.54) is 35.2 Å². The lowest BCUT2D eigenvalue weighted by atomic mass is 9.94. The van der Waals surface area contributed by atoms with Crippen molar-refractivity contribution in [2.75, 3.05) is 27.2 Å². The minimum absolute atomic E-state index is 0.0243. The van der Waals surface area contributed by atoms with Crippen molar-refractivity contribution >= 4 is 33.9 Å². The first-order valence-electron chi connectivity index (χ1n) is 10.6. The number of aliphatic hydroxyl groups excluding tert-OH is 1. The monoisotopic (exact) mass is 461 g/mol. The highest BCUT2D eigenvalue weighted by Gasteiger charge is 2.46. The Balaban J connectivity index is 1.89. The summed E-state index contributed by atoms with van der Waals surface area (Å²) in [5, 5.41) is 34.4. The molecule has 0 aliphatic carbocycles. The predicted octanol–water partition coefficient (Wildman–Crippen LogP) is 3.44. The number of ketones is 1. The molecule has 1 fully saturated rings. The van der Waals surface area contributed by atoms with Gasteiger partial charge >= 0.3 is 0 Å². The normalized spacial score (nSPS) is 17.6. The van der Waals surface area contributed by atoms with Gasteiger partial charge in [0, 0.05) is 30.6 Å². The van der Waals surface area contributed by atoms with E-state index in [4.69, 9.17) is 0 Å². The maximum absolute atomic E-state index is 13.1. The predicted molar refractivity (Wildman–Crippen MR) is 126 cm³/mol. The van der Waals surface area contributed by atoms with E-state index in [0.29, 0.717) is 17.5 Å². The number of phenols is 1. The molecule has 3 aromatic rings. The third kappa shape index (κ3) is 3.97. The highest BCUT2D eigenvalue weighted by molar-refractivity contribution is 6.46. The lowest BCUT2D eigenvalue weighted by molar-refractivity contribution is -0.384. The van der Waals surface area contributed by atoms with Gasteiger partial charge in [0.25, 0.3) is 17.4 Å². The number of nitro groups is 1. The van der Waals surface area contributed by atoms with Gasteiger partial charge in [0.1, 0.15) is 11.5 Å². The topological polar surface area (TPSA) is 124 Å². The molecule has 1 aliphatic heterocycles. The van der Waals surface area contributed by atoms with Crippen LogP contribution < -0.4 is 0 Å². The van der Waals surface area contributed by atoms with Crippen LogP contribution in [0.5, 0.6) is 5.75 Å². The number of fused-ring (bicyclic) bond motifs is 1. The Morgan fingerprint density at radius 2 is 1.74 bits per heavy atom. The van der Waals surface area contributed by atoms with Crippen LogP contribution in [0, 0.1) is 10.1 Å². The second-order valence-corrected chi connectivity index (χ2v) is 8.33. The third-order valence-electron chi connectivity index (χ3n) is 5.90. The zero-order chi connectivity index (χ0) is 24.6. The Bertz CT molecular complexity index is 1330. The van der Waals surface area contributed by atoms with Gasteiger partial charge in [0.05, 0.1) is 22.1 Å². The van der Waals surface area contributed by atoms with Gasteiger partial charge in [-0.05, 0) is 43.2 Å². The van der Waals surface area contributed by atoms with E-state index in [1.54, 1.807) is 24.3 Å². The average Bonchev–Trinajstić information content (AvgIpc) is 3.07. The lowest BCUT2D eigenvalue weighted by Crippen LogP contribution is -2.35. The molecule has 4 rings (SSSR count). The van der Waals surface area contributed by atoms with Crippen LogP contribution in [0.1, 0.15) is 17.2 Å². The Morgan fingerprint density at radius 3 is 2.38 bits per heavy atom. The van der Waals surface area contributed by atoms with Crippen LogP contribution in [0.4, 0.5) is 5.69 Å². The molecule has 9 heteroatoms. The molecule has 0 spiro atoms. The van der Waals surface area contributed by atoms with Crippen molar-refractivity contribution in [3.05, 3.63) is 87.5 Å². The van der Waals surface area contributed by atoms with Crippen LogP contribution in [0.25, 0.3) is 16.5 Å². The smallest absolute Gasteiger partial charge is 0.295 e. The molecule has 34 heavy (non-hydrogen) atoms. The first-order chi connectivity index (χ1) is 16.2. The number of likely N-dealkylation sites (tertiary alicyclic amines) is 1. The van der Waals surface area contributed by atoms with E-state index in [2.05, 4.69) is 0 Å². The lowest BCUT2D eigenvalue weighted by Gasteiger charge is -2.26. The second kappa shape index (κ2) is 8.95. The fraction of sp³-hybridized carbons (Fsp3) is 0.200. The molecule has 9 nitrogen and oxygen atoms in total. The summed E-state index contributed by atoms with van der Waals surface area (Å²) in [6, 6.07) is 14.8. The van der Waals surface area contributed by atoms with E-state index >= 15 is 0 Å². The number of amides is 1. The number of carbonyl (C=O) groups excluding carboxylic acids is 2. The molecule has 3 aromatic carbocycles. The van der Waals surface area contributed by atoms with Crippen molar-refractivity contribution in [2.24, 2.45) is 0 Å². The number of phenolic OH excluding ortho intramolecular Hbond substituents is 1. The summed E-state index contributed by atoms with van der Waals surface area (Å²) in [4.78, 5) is 39.8. The number of Topliss-reactive ketones (excluding diaryl/α,β-unsaturated/α-hetero) is 1. The zero-order valence-electron chi connectivity index (χ0n) is 18.6.